The third kappa shape index (κ3) is 3.28. The van der Waals surface area contributed by atoms with E-state index < -0.39 is 0 Å². The normalized spacial score (nSPS) is 12.4. The molecule has 0 aliphatic carbocycles. The lowest BCUT2D eigenvalue weighted by molar-refractivity contribution is 0.554. The number of allylic oxidation sites excluding steroid dienone is 1. The molecule has 1 nitrogen and oxygen atoms in total. The number of hydrogen-bond acceptors (Lipinski definition) is 1. The summed E-state index contributed by atoms with van der Waals surface area (Å²) in [6.45, 7) is 3.74. The van der Waals surface area contributed by atoms with Gasteiger partial charge in [0.1, 0.15) is 0 Å². The zero-order chi connectivity index (χ0) is 10.4. The molecular weight excluding hydrogens is 238 g/mol. The Balaban J connectivity index is 2.72. The highest BCUT2D eigenvalue weighted by Crippen LogP contribution is 2.21. The minimum Gasteiger partial charge on any atom is -0.313 e. The van der Waals surface area contributed by atoms with Gasteiger partial charge in [0.05, 0.1) is 0 Å². The van der Waals surface area contributed by atoms with E-state index in [0.29, 0.717) is 6.04 Å². The SMILES string of the molecule is C=CCCC(NC)c1cccc(Br)c1. The second-order valence-electron chi connectivity index (χ2n) is 3.26. The van der Waals surface area contributed by atoms with Gasteiger partial charge in [-0.2, -0.15) is 0 Å². The lowest BCUT2D eigenvalue weighted by atomic mass is 10.0. The molecule has 0 fully saturated rings. The Morgan fingerprint density at radius 2 is 2.36 bits per heavy atom. The van der Waals surface area contributed by atoms with Crippen molar-refractivity contribution in [1.29, 1.82) is 0 Å². The van der Waals surface area contributed by atoms with Gasteiger partial charge in [-0.05, 0) is 37.6 Å². The fourth-order valence-electron chi connectivity index (χ4n) is 1.49. The Morgan fingerprint density at radius 3 is 2.93 bits per heavy atom. The number of halogens is 1. The molecule has 0 heterocycles. The predicted molar refractivity (Wildman–Crippen MR) is 65.4 cm³/mol. The fraction of sp³-hybridized carbons (Fsp3) is 0.333. The van der Waals surface area contributed by atoms with E-state index >= 15 is 0 Å². The second-order valence-corrected chi connectivity index (χ2v) is 4.18. The van der Waals surface area contributed by atoms with Crippen LogP contribution in [0.5, 0.6) is 0 Å². The minimum absolute atomic E-state index is 0.422. The summed E-state index contributed by atoms with van der Waals surface area (Å²) in [5.74, 6) is 0. The maximum Gasteiger partial charge on any atom is 0.0320 e. The van der Waals surface area contributed by atoms with Crippen molar-refractivity contribution in [3.63, 3.8) is 0 Å². The third-order valence-electron chi connectivity index (χ3n) is 2.26. The summed E-state index contributed by atoms with van der Waals surface area (Å²) in [6, 6.07) is 8.84. The number of hydrogen-bond donors (Lipinski definition) is 1. The Labute approximate surface area is 94.3 Å². The summed E-state index contributed by atoms with van der Waals surface area (Å²) in [4.78, 5) is 0. The molecule has 1 aromatic carbocycles. The van der Waals surface area contributed by atoms with Crippen LogP contribution in [0.4, 0.5) is 0 Å². The fourth-order valence-corrected chi connectivity index (χ4v) is 1.90. The Hall–Kier alpha value is -0.600. The average Bonchev–Trinajstić information content (AvgIpc) is 2.19. The first kappa shape index (κ1) is 11.5. The first-order valence-electron chi connectivity index (χ1n) is 4.81. The van der Waals surface area contributed by atoms with Crippen molar-refractivity contribution in [3.05, 3.63) is 47.0 Å². The molecule has 2 heteroatoms. The van der Waals surface area contributed by atoms with Crippen LogP contribution in [-0.2, 0) is 0 Å². The van der Waals surface area contributed by atoms with E-state index in [1.807, 2.05) is 19.2 Å². The van der Waals surface area contributed by atoms with Crippen LogP contribution >= 0.6 is 15.9 Å². The molecule has 1 rings (SSSR count). The lowest BCUT2D eigenvalue weighted by Gasteiger charge is -2.15. The zero-order valence-electron chi connectivity index (χ0n) is 8.46. The monoisotopic (exact) mass is 253 g/mol. The first-order valence-corrected chi connectivity index (χ1v) is 5.61. The summed E-state index contributed by atoms with van der Waals surface area (Å²) in [5.41, 5.74) is 1.32. The van der Waals surface area contributed by atoms with Gasteiger partial charge in [0.25, 0.3) is 0 Å². The number of benzene rings is 1. The smallest absolute Gasteiger partial charge is 0.0320 e. The molecule has 0 saturated carbocycles. The van der Waals surface area contributed by atoms with Crippen molar-refractivity contribution >= 4 is 15.9 Å². The van der Waals surface area contributed by atoms with E-state index in [4.69, 9.17) is 0 Å². The highest BCUT2D eigenvalue weighted by atomic mass is 79.9. The molecule has 0 aromatic heterocycles. The summed E-state index contributed by atoms with van der Waals surface area (Å²) < 4.78 is 1.13. The molecule has 0 amide bonds. The summed E-state index contributed by atoms with van der Waals surface area (Å²) in [6.07, 6.45) is 4.09. The summed E-state index contributed by atoms with van der Waals surface area (Å²) in [5, 5.41) is 3.31. The van der Waals surface area contributed by atoms with Gasteiger partial charge in [0, 0.05) is 10.5 Å². The van der Waals surface area contributed by atoms with Crippen molar-refractivity contribution in [2.45, 2.75) is 18.9 Å². The topological polar surface area (TPSA) is 12.0 Å². The molecule has 1 atom stereocenters. The van der Waals surface area contributed by atoms with E-state index in [1.54, 1.807) is 0 Å². The Kier molecular flexibility index (Phi) is 4.91. The molecule has 0 bridgehead atoms. The van der Waals surface area contributed by atoms with Crippen LogP contribution < -0.4 is 5.32 Å². The highest BCUT2D eigenvalue weighted by Gasteiger charge is 2.07. The van der Waals surface area contributed by atoms with Crippen molar-refractivity contribution in [2.75, 3.05) is 7.05 Å². The highest BCUT2D eigenvalue weighted by molar-refractivity contribution is 9.10. The lowest BCUT2D eigenvalue weighted by Crippen LogP contribution is -2.15. The van der Waals surface area contributed by atoms with E-state index in [2.05, 4.69) is 46.0 Å². The molecule has 0 spiro atoms. The largest absolute Gasteiger partial charge is 0.313 e. The minimum atomic E-state index is 0.422. The summed E-state index contributed by atoms with van der Waals surface area (Å²) in [7, 11) is 1.99. The second kappa shape index (κ2) is 5.99. The van der Waals surface area contributed by atoms with Gasteiger partial charge < -0.3 is 5.32 Å². The Bertz CT molecular complexity index is 296. The van der Waals surface area contributed by atoms with Crippen LogP contribution in [0.15, 0.2) is 41.4 Å². The van der Waals surface area contributed by atoms with Crippen molar-refractivity contribution in [3.8, 4) is 0 Å². The molecule has 1 unspecified atom stereocenters. The molecule has 0 radical (unpaired) electrons. The van der Waals surface area contributed by atoms with Gasteiger partial charge >= 0.3 is 0 Å². The van der Waals surface area contributed by atoms with Crippen LogP contribution in [-0.4, -0.2) is 7.05 Å². The molecule has 1 aromatic rings. The maximum absolute atomic E-state index is 3.74. The molecule has 76 valence electrons. The molecule has 1 N–H and O–H groups in total. The van der Waals surface area contributed by atoms with Gasteiger partial charge in [-0.25, -0.2) is 0 Å². The van der Waals surface area contributed by atoms with Crippen LogP contribution in [0.1, 0.15) is 24.4 Å². The molecule has 0 aliphatic heterocycles. The van der Waals surface area contributed by atoms with Gasteiger partial charge in [-0.3, -0.25) is 0 Å². The number of nitrogens with one attached hydrogen (secondary N) is 1. The van der Waals surface area contributed by atoms with E-state index in [0.717, 1.165) is 17.3 Å². The maximum atomic E-state index is 3.74. The van der Waals surface area contributed by atoms with E-state index in [-0.39, 0.29) is 0 Å². The summed E-state index contributed by atoms with van der Waals surface area (Å²) >= 11 is 3.48. The van der Waals surface area contributed by atoms with E-state index in [1.165, 1.54) is 5.56 Å². The number of rotatable bonds is 5. The van der Waals surface area contributed by atoms with Gasteiger partial charge in [-0.15, -0.1) is 6.58 Å². The third-order valence-corrected chi connectivity index (χ3v) is 2.75. The van der Waals surface area contributed by atoms with Crippen LogP contribution in [0.2, 0.25) is 0 Å². The average molecular weight is 254 g/mol. The zero-order valence-corrected chi connectivity index (χ0v) is 10.0. The van der Waals surface area contributed by atoms with Crippen LogP contribution in [0.3, 0.4) is 0 Å². The Morgan fingerprint density at radius 1 is 1.57 bits per heavy atom. The first-order chi connectivity index (χ1) is 6.77. The standard InChI is InChI=1S/C12H16BrN/c1-3-4-8-12(14-2)10-6-5-7-11(13)9-10/h3,5-7,9,12,14H,1,4,8H2,2H3. The van der Waals surface area contributed by atoms with Gasteiger partial charge in [-0.1, -0.05) is 34.1 Å². The molecular formula is C12H16BrN. The molecule has 14 heavy (non-hydrogen) atoms. The van der Waals surface area contributed by atoms with Gasteiger partial charge in [0.15, 0.2) is 0 Å². The van der Waals surface area contributed by atoms with E-state index in [9.17, 15) is 0 Å². The van der Waals surface area contributed by atoms with Crippen LogP contribution in [0, 0.1) is 0 Å². The van der Waals surface area contributed by atoms with Crippen molar-refractivity contribution in [1.82, 2.24) is 5.32 Å². The van der Waals surface area contributed by atoms with Crippen LogP contribution in [0.25, 0.3) is 0 Å². The molecule has 0 saturated heterocycles. The van der Waals surface area contributed by atoms with Gasteiger partial charge in [0.2, 0.25) is 0 Å². The predicted octanol–water partition coefficient (Wildman–Crippen LogP) is 3.68. The quantitative estimate of drug-likeness (QED) is 0.790. The molecule has 0 aliphatic rings. The van der Waals surface area contributed by atoms with Crippen molar-refractivity contribution < 1.29 is 0 Å². The van der Waals surface area contributed by atoms with Crippen molar-refractivity contribution in [2.24, 2.45) is 0 Å².